The Balaban J connectivity index is 2.81. The minimum Gasteiger partial charge on any atom is -0.396 e. The van der Waals surface area contributed by atoms with Crippen LogP contribution in [0.5, 0.6) is 0 Å². The summed E-state index contributed by atoms with van der Waals surface area (Å²) in [7, 11) is 0. The molecule has 0 aromatic heterocycles. The van der Waals surface area contributed by atoms with Gasteiger partial charge in [0.25, 0.3) is 5.91 Å². The second-order valence-corrected chi connectivity index (χ2v) is 4.94. The zero-order valence-corrected chi connectivity index (χ0v) is 11.9. The largest absolute Gasteiger partial charge is 0.396 e. The Bertz CT molecular complexity index is 405. The smallest absolute Gasteiger partial charge is 0.253 e. The molecule has 0 aliphatic rings. The van der Waals surface area contributed by atoms with Gasteiger partial charge in [-0.15, -0.1) is 0 Å². The van der Waals surface area contributed by atoms with Crippen LogP contribution in [0.4, 0.5) is 5.69 Å². The van der Waals surface area contributed by atoms with Crippen molar-refractivity contribution < 1.29 is 9.90 Å². The zero-order chi connectivity index (χ0) is 14.3. The van der Waals surface area contributed by atoms with Gasteiger partial charge in [0.05, 0.1) is 5.56 Å². The van der Waals surface area contributed by atoms with E-state index in [-0.39, 0.29) is 24.6 Å². The maximum atomic E-state index is 12.3. The SMILES string of the molecule is CCC(CCO)NC(=O)c1ccccc1NC(C)C. The molecule has 1 rings (SSSR count). The summed E-state index contributed by atoms with van der Waals surface area (Å²) in [6.45, 7) is 6.16. The van der Waals surface area contributed by atoms with E-state index >= 15 is 0 Å². The molecule has 0 saturated carbocycles. The van der Waals surface area contributed by atoms with Crippen LogP contribution in [0.2, 0.25) is 0 Å². The van der Waals surface area contributed by atoms with Crippen LogP contribution >= 0.6 is 0 Å². The van der Waals surface area contributed by atoms with Gasteiger partial charge in [0, 0.05) is 24.4 Å². The number of hydrogen-bond donors (Lipinski definition) is 3. The lowest BCUT2D eigenvalue weighted by Gasteiger charge is -2.18. The second-order valence-electron chi connectivity index (χ2n) is 4.94. The highest BCUT2D eigenvalue weighted by Gasteiger charge is 2.15. The third-order valence-electron chi connectivity index (χ3n) is 2.92. The molecule has 4 heteroatoms. The fraction of sp³-hybridized carbons (Fsp3) is 0.533. The summed E-state index contributed by atoms with van der Waals surface area (Å²) in [5.41, 5.74) is 1.49. The highest BCUT2D eigenvalue weighted by Crippen LogP contribution is 2.16. The molecule has 106 valence electrons. The molecule has 0 radical (unpaired) electrons. The van der Waals surface area contributed by atoms with Crippen LogP contribution in [0.1, 0.15) is 44.0 Å². The predicted octanol–water partition coefficient (Wildman–Crippen LogP) is 2.40. The molecule has 1 aromatic rings. The van der Waals surface area contributed by atoms with Gasteiger partial charge >= 0.3 is 0 Å². The number of amides is 1. The van der Waals surface area contributed by atoms with E-state index in [0.29, 0.717) is 12.0 Å². The standard InChI is InChI=1S/C15H24N2O2/c1-4-12(9-10-18)17-15(19)13-7-5-6-8-14(13)16-11(2)3/h5-8,11-12,16,18H,4,9-10H2,1-3H3,(H,17,19). The van der Waals surface area contributed by atoms with Crippen molar-refractivity contribution in [1.82, 2.24) is 5.32 Å². The molecular weight excluding hydrogens is 240 g/mol. The van der Waals surface area contributed by atoms with Crippen molar-refractivity contribution >= 4 is 11.6 Å². The van der Waals surface area contributed by atoms with Gasteiger partial charge < -0.3 is 15.7 Å². The molecule has 0 spiro atoms. The van der Waals surface area contributed by atoms with E-state index < -0.39 is 0 Å². The Morgan fingerprint density at radius 3 is 2.58 bits per heavy atom. The molecule has 19 heavy (non-hydrogen) atoms. The number of aliphatic hydroxyl groups excluding tert-OH is 1. The Kier molecular flexibility index (Phi) is 6.36. The fourth-order valence-electron chi connectivity index (χ4n) is 1.92. The molecule has 3 N–H and O–H groups in total. The Morgan fingerprint density at radius 2 is 2.00 bits per heavy atom. The first-order valence-electron chi connectivity index (χ1n) is 6.85. The van der Waals surface area contributed by atoms with Gasteiger partial charge in [-0.05, 0) is 38.8 Å². The average molecular weight is 264 g/mol. The summed E-state index contributed by atoms with van der Waals surface area (Å²) in [6.07, 6.45) is 1.40. The van der Waals surface area contributed by atoms with Crippen LogP contribution in [0, 0.1) is 0 Å². The Hall–Kier alpha value is -1.55. The Labute approximate surface area is 115 Å². The lowest BCUT2D eigenvalue weighted by Crippen LogP contribution is -2.35. The molecule has 0 heterocycles. The first-order valence-corrected chi connectivity index (χ1v) is 6.85. The number of benzene rings is 1. The van der Waals surface area contributed by atoms with E-state index in [1.54, 1.807) is 0 Å². The van der Waals surface area contributed by atoms with Crippen molar-refractivity contribution in [2.45, 2.75) is 45.7 Å². The molecule has 1 aromatic carbocycles. The maximum absolute atomic E-state index is 12.3. The van der Waals surface area contributed by atoms with Crippen LogP contribution < -0.4 is 10.6 Å². The van der Waals surface area contributed by atoms with Crippen molar-refractivity contribution in [3.05, 3.63) is 29.8 Å². The fourth-order valence-corrected chi connectivity index (χ4v) is 1.92. The highest BCUT2D eigenvalue weighted by atomic mass is 16.3. The number of nitrogens with one attached hydrogen (secondary N) is 2. The lowest BCUT2D eigenvalue weighted by molar-refractivity contribution is 0.0930. The molecule has 1 amide bonds. The highest BCUT2D eigenvalue weighted by molar-refractivity contribution is 5.99. The van der Waals surface area contributed by atoms with Crippen molar-refractivity contribution in [1.29, 1.82) is 0 Å². The van der Waals surface area contributed by atoms with E-state index in [2.05, 4.69) is 10.6 Å². The van der Waals surface area contributed by atoms with Gasteiger partial charge in [-0.3, -0.25) is 4.79 Å². The predicted molar refractivity (Wildman–Crippen MR) is 78.4 cm³/mol. The third kappa shape index (κ3) is 4.91. The number of carbonyl (C=O) groups excluding carboxylic acids is 1. The number of anilines is 1. The molecule has 0 fully saturated rings. The number of carbonyl (C=O) groups is 1. The van der Waals surface area contributed by atoms with Crippen molar-refractivity contribution in [2.75, 3.05) is 11.9 Å². The lowest BCUT2D eigenvalue weighted by atomic mass is 10.1. The summed E-state index contributed by atoms with van der Waals surface area (Å²) in [6, 6.07) is 7.77. The maximum Gasteiger partial charge on any atom is 0.253 e. The zero-order valence-electron chi connectivity index (χ0n) is 11.9. The van der Waals surface area contributed by atoms with Crippen molar-refractivity contribution in [3.63, 3.8) is 0 Å². The van der Waals surface area contributed by atoms with Gasteiger partial charge in [0.1, 0.15) is 0 Å². The van der Waals surface area contributed by atoms with Crippen LogP contribution in [-0.2, 0) is 0 Å². The summed E-state index contributed by atoms with van der Waals surface area (Å²) >= 11 is 0. The molecular formula is C15H24N2O2. The number of rotatable bonds is 7. The number of hydrogen-bond acceptors (Lipinski definition) is 3. The first-order chi connectivity index (χ1) is 9.08. The summed E-state index contributed by atoms with van der Waals surface area (Å²) in [4.78, 5) is 12.3. The second kappa shape index (κ2) is 7.79. The van der Waals surface area contributed by atoms with Gasteiger partial charge in [0.15, 0.2) is 0 Å². The van der Waals surface area contributed by atoms with Gasteiger partial charge in [-0.2, -0.15) is 0 Å². The molecule has 0 aliphatic carbocycles. The molecule has 0 aliphatic heterocycles. The van der Waals surface area contributed by atoms with E-state index in [1.165, 1.54) is 0 Å². The third-order valence-corrected chi connectivity index (χ3v) is 2.92. The summed E-state index contributed by atoms with van der Waals surface area (Å²) < 4.78 is 0. The molecule has 4 nitrogen and oxygen atoms in total. The van der Waals surface area contributed by atoms with E-state index in [9.17, 15) is 4.79 Å². The number of aliphatic hydroxyl groups is 1. The van der Waals surface area contributed by atoms with Crippen molar-refractivity contribution in [3.8, 4) is 0 Å². The normalized spacial score (nSPS) is 12.3. The Morgan fingerprint density at radius 1 is 1.32 bits per heavy atom. The quantitative estimate of drug-likeness (QED) is 0.708. The molecule has 1 atom stereocenters. The average Bonchev–Trinajstić information content (AvgIpc) is 2.38. The topological polar surface area (TPSA) is 61.4 Å². The van der Waals surface area contributed by atoms with Crippen LogP contribution in [0.3, 0.4) is 0 Å². The van der Waals surface area contributed by atoms with Crippen LogP contribution in [0.15, 0.2) is 24.3 Å². The minimum absolute atomic E-state index is 0.0182. The molecule has 1 unspecified atom stereocenters. The van der Waals surface area contributed by atoms with Gasteiger partial charge in [-0.25, -0.2) is 0 Å². The molecule has 0 saturated heterocycles. The van der Waals surface area contributed by atoms with Gasteiger partial charge in [0.2, 0.25) is 0 Å². The first kappa shape index (κ1) is 15.5. The van der Waals surface area contributed by atoms with Crippen molar-refractivity contribution in [2.24, 2.45) is 0 Å². The van der Waals surface area contributed by atoms with E-state index in [0.717, 1.165) is 12.1 Å². The number of para-hydroxylation sites is 1. The van der Waals surface area contributed by atoms with E-state index in [4.69, 9.17) is 5.11 Å². The van der Waals surface area contributed by atoms with Crippen LogP contribution in [0.25, 0.3) is 0 Å². The van der Waals surface area contributed by atoms with Crippen LogP contribution in [-0.4, -0.2) is 29.7 Å². The summed E-state index contributed by atoms with van der Waals surface area (Å²) in [5, 5.41) is 15.2. The minimum atomic E-state index is -0.0935. The monoisotopic (exact) mass is 264 g/mol. The molecule has 0 bridgehead atoms. The summed E-state index contributed by atoms with van der Waals surface area (Å²) in [5.74, 6) is -0.0935. The van der Waals surface area contributed by atoms with Gasteiger partial charge in [-0.1, -0.05) is 19.1 Å². The van der Waals surface area contributed by atoms with E-state index in [1.807, 2.05) is 45.0 Å².